The summed E-state index contributed by atoms with van der Waals surface area (Å²) in [5, 5.41) is 0. The number of nitrogens with zero attached hydrogens (tertiary/aromatic N) is 2. The summed E-state index contributed by atoms with van der Waals surface area (Å²) in [6, 6.07) is 8.31. The second-order valence-electron chi connectivity index (χ2n) is 5.72. The summed E-state index contributed by atoms with van der Waals surface area (Å²) < 4.78 is 14.4. The molecule has 0 aliphatic heterocycles. The van der Waals surface area contributed by atoms with E-state index < -0.39 is 5.82 Å². The fourth-order valence-electron chi connectivity index (χ4n) is 2.42. The number of benzene rings is 1. The molecule has 3 rings (SSSR count). The van der Waals surface area contributed by atoms with Crippen LogP contribution in [0.4, 0.5) is 15.8 Å². The number of halogens is 1. The Labute approximate surface area is 128 Å². The molecule has 0 saturated heterocycles. The molecule has 1 amide bonds. The zero-order chi connectivity index (χ0) is 15.7. The molecule has 0 atom stereocenters. The summed E-state index contributed by atoms with van der Waals surface area (Å²) in [6.45, 7) is 2.06. The standard InChI is InChI=1S/C17H18FN3O/c1-11(22)21(10-12-2-3-12)17-7-4-13(8-15(17)18)16-6-5-14(19)9-20-16/h4-9,12H,2-3,10,19H2,1H3. The highest BCUT2D eigenvalue weighted by Gasteiger charge is 2.27. The lowest BCUT2D eigenvalue weighted by Crippen LogP contribution is -2.31. The molecule has 0 bridgehead atoms. The minimum Gasteiger partial charge on any atom is -0.397 e. The number of nitrogens with two attached hydrogens (primary N) is 1. The Morgan fingerprint density at radius 2 is 2.14 bits per heavy atom. The van der Waals surface area contributed by atoms with E-state index in [1.165, 1.54) is 24.1 Å². The number of aromatic nitrogens is 1. The first-order chi connectivity index (χ1) is 10.5. The molecule has 0 radical (unpaired) electrons. The van der Waals surface area contributed by atoms with Crippen LogP contribution in [0.25, 0.3) is 11.3 Å². The van der Waals surface area contributed by atoms with E-state index in [-0.39, 0.29) is 5.91 Å². The first kappa shape index (κ1) is 14.5. The maximum Gasteiger partial charge on any atom is 0.223 e. The van der Waals surface area contributed by atoms with Crippen LogP contribution < -0.4 is 10.6 Å². The lowest BCUT2D eigenvalue weighted by Gasteiger charge is -2.22. The number of hydrogen-bond donors (Lipinski definition) is 1. The van der Waals surface area contributed by atoms with Gasteiger partial charge in [-0.1, -0.05) is 6.07 Å². The Morgan fingerprint density at radius 1 is 1.36 bits per heavy atom. The minimum absolute atomic E-state index is 0.135. The third-order valence-corrected chi connectivity index (χ3v) is 3.84. The Hall–Kier alpha value is -2.43. The van der Waals surface area contributed by atoms with Gasteiger partial charge in [-0.3, -0.25) is 9.78 Å². The number of pyridine rings is 1. The van der Waals surface area contributed by atoms with Crippen LogP contribution in [-0.4, -0.2) is 17.4 Å². The summed E-state index contributed by atoms with van der Waals surface area (Å²) in [7, 11) is 0. The smallest absolute Gasteiger partial charge is 0.223 e. The van der Waals surface area contributed by atoms with E-state index >= 15 is 0 Å². The van der Waals surface area contributed by atoms with Crippen molar-refractivity contribution in [2.45, 2.75) is 19.8 Å². The van der Waals surface area contributed by atoms with Gasteiger partial charge < -0.3 is 10.6 Å². The van der Waals surface area contributed by atoms with Crippen molar-refractivity contribution in [1.29, 1.82) is 0 Å². The molecule has 0 spiro atoms. The van der Waals surface area contributed by atoms with Crippen molar-refractivity contribution in [3.63, 3.8) is 0 Å². The molecule has 1 aliphatic carbocycles. The topological polar surface area (TPSA) is 59.2 Å². The Balaban J connectivity index is 1.90. The first-order valence-corrected chi connectivity index (χ1v) is 7.34. The molecule has 5 heteroatoms. The van der Waals surface area contributed by atoms with Crippen LogP contribution >= 0.6 is 0 Å². The highest BCUT2D eigenvalue weighted by atomic mass is 19.1. The number of carbonyl (C=O) groups excluding carboxylic acids is 1. The summed E-state index contributed by atoms with van der Waals surface area (Å²) >= 11 is 0. The molecule has 1 heterocycles. The van der Waals surface area contributed by atoms with Crippen LogP contribution in [0.15, 0.2) is 36.5 Å². The largest absolute Gasteiger partial charge is 0.397 e. The van der Waals surface area contributed by atoms with Gasteiger partial charge in [0.2, 0.25) is 5.91 Å². The fraction of sp³-hybridized carbons (Fsp3) is 0.294. The van der Waals surface area contributed by atoms with Gasteiger partial charge in [-0.2, -0.15) is 0 Å². The van der Waals surface area contributed by atoms with Crippen LogP contribution in [0.1, 0.15) is 19.8 Å². The van der Waals surface area contributed by atoms with Crippen molar-refractivity contribution in [1.82, 2.24) is 4.98 Å². The Bertz CT molecular complexity index is 696. The maximum absolute atomic E-state index is 14.4. The van der Waals surface area contributed by atoms with Crippen molar-refractivity contribution in [3.05, 3.63) is 42.3 Å². The molecule has 1 aliphatic rings. The minimum atomic E-state index is -0.410. The van der Waals surface area contributed by atoms with Crippen molar-refractivity contribution in [2.24, 2.45) is 5.92 Å². The molecule has 4 nitrogen and oxygen atoms in total. The highest BCUT2D eigenvalue weighted by Crippen LogP contribution is 2.33. The number of rotatable bonds is 4. The van der Waals surface area contributed by atoms with Crippen LogP contribution in [0, 0.1) is 11.7 Å². The molecule has 22 heavy (non-hydrogen) atoms. The SMILES string of the molecule is CC(=O)N(CC1CC1)c1ccc(-c2ccc(N)cn2)cc1F. The van der Waals surface area contributed by atoms with Gasteiger partial charge in [0.1, 0.15) is 5.82 Å². The second-order valence-corrected chi connectivity index (χ2v) is 5.72. The van der Waals surface area contributed by atoms with E-state index in [1.807, 2.05) is 0 Å². The number of hydrogen-bond acceptors (Lipinski definition) is 3. The van der Waals surface area contributed by atoms with Gasteiger partial charge >= 0.3 is 0 Å². The average Bonchev–Trinajstić information content (AvgIpc) is 3.30. The van der Waals surface area contributed by atoms with E-state index in [0.29, 0.717) is 35.1 Å². The molecule has 1 fully saturated rings. The van der Waals surface area contributed by atoms with Crippen molar-refractivity contribution in [2.75, 3.05) is 17.2 Å². The molecule has 114 valence electrons. The molecular formula is C17H18FN3O. The van der Waals surface area contributed by atoms with Gasteiger partial charge in [0.15, 0.2) is 0 Å². The van der Waals surface area contributed by atoms with Crippen LogP contribution in [0.3, 0.4) is 0 Å². The Morgan fingerprint density at radius 3 is 2.68 bits per heavy atom. The molecular weight excluding hydrogens is 281 g/mol. The normalized spacial score (nSPS) is 13.9. The maximum atomic E-state index is 14.4. The quantitative estimate of drug-likeness (QED) is 0.943. The third kappa shape index (κ3) is 3.08. The third-order valence-electron chi connectivity index (χ3n) is 3.84. The van der Waals surface area contributed by atoms with E-state index in [4.69, 9.17) is 5.73 Å². The fourth-order valence-corrected chi connectivity index (χ4v) is 2.42. The monoisotopic (exact) mass is 299 g/mol. The Kier molecular flexibility index (Phi) is 3.79. The molecule has 2 aromatic rings. The predicted molar refractivity (Wildman–Crippen MR) is 84.8 cm³/mol. The molecule has 2 N–H and O–H groups in total. The van der Waals surface area contributed by atoms with E-state index in [9.17, 15) is 9.18 Å². The number of amides is 1. The second kappa shape index (κ2) is 5.75. The van der Waals surface area contributed by atoms with Crippen LogP contribution in [-0.2, 0) is 4.79 Å². The summed E-state index contributed by atoms with van der Waals surface area (Å²) in [4.78, 5) is 17.5. The first-order valence-electron chi connectivity index (χ1n) is 7.34. The number of carbonyl (C=O) groups is 1. The van der Waals surface area contributed by atoms with Gasteiger partial charge in [0, 0.05) is 19.0 Å². The van der Waals surface area contributed by atoms with Gasteiger partial charge in [0.25, 0.3) is 0 Å². The van der Waals surface area contributed by atoms with Gasteiger partial charge in [-0.05, 0) is 43.0 Å². The highest BCUT2D eigenvalue weighted by molar-refractivity contribution is 5.92. The van der Waals surface area contributed by atoms with E-state index in [2.05, 4.69) is 4.98 Å². The lowest BCUT2D eigenvalue weighted by atomic mass is 10.1. The summed E-state index contributed by atoms with van der Waals surface area (Å²) in [6.07, 6.45) is 3.76. The van der Waals surface area contributed by atoms with Gasteiger partial charge in [0.05, 0.1) is 23.3 Å². The van der Waals surface area contributed by atoms with Crippen LogP contribution in [0.2, 0.25) is 0 Å². The summed E-state index contributed by atoms with van der Waals surface area (Å²) in [5.41, 5.74) is 7.81. The number of anilines is 2. The molecule has 0 unspecified atom stereocenters. The van der Waals surface area contributed by atoms with E-state index in [0.717, 1.165) is 12.8 Å². The van der Waals surface area contributed by atoms with E-state index in [1.54, 1.807) is 24.3 Å². The van der Waals surface area contributed by atoms with Crippen molar-refractivity contribution >= 4 is 17.3 Å². The van der Waals surface area contributed by atoms with Crippen molar-refractivity contribution < 1.29 is 9.18 Å². The average molecular weight is 299 g/mol. The number of nitrogen functional groups attached to an aromatic ring is 1. The van der Waals surface area contributed by atoms with Crippen molar-refractivity contribution in [3.8, 4) is 11.3 Å². The molecule has 1 aromatic heterocycles. The van der Waals surface area contributed by atoms with Gasteiger partial charge in [-0.25, -0.2) is 4.39 Å². The lowest BCUT2D eigenvalue weighted by molar-refractivity contribution is -0.116. The van der Waals surface area contributed by atoms with Gasteiger partial charge in [-0.15, -0.1) is 0 Å². The van der Waals surface area contributed by atoms with Crippen LogP contribution in [0.5, 0.6) is 0 Å². The zero-order valence-electron chi connectivity index (χ0n) is 12.4. The molecule has 1 aromatic carbocycles. The summed E-state index contributed by atoms with van der Waals surface area (Å²) in [5.74, 6) is -0.0436. The predicted octanol–water partition coefficient (Wildman–Crippen LogP) is 3.23. The zero-order valence-corrected chi connectivity index (χ0v) is 12.4. The molecule has 1 saturated carbocycles.